The van der Waals surface area contributed by atoms with Crippen molar-refractivity contribution in [1.82, 2.24) is 4.98 Å². The third-order valence-corrected chi connectivity index (χ3v) is 3.95. The average Bonchev–Trinajstić information content (AvgIpc) is 3.05. The predicted octanol–water partition coefficient (Wildman–Crippen LogP) is 4.72. The molecule has 0 bridgehead atoms. The number of hydrogen-bond acceptors (Lipinski definition) is 5. The van der Waals surface area contributed by atoms with Gasteiger partial charge in [-0.2, -0.15) is 0 Å². The van der Waals surface area contributed by atoms with Gasteiger partial charge < -0.3 is 9.47 Å². The van der Waals surface area contributed by atoms with Crippen molar-refractivity contribution in [2.45, 2.75) is 26.7 Å². The molecule has 0 fully saturated rings. The molecule has 0 saturated carbocycles. The Morgan fingerprint density at radius 2 is 2.00 bits per heavy atom. The summed E-state index contributed by atoms with van der Waals surface area (Å²) in [5.41, 5.74) is 1.31. The molecule has 1 aromatic carbocycles. The molecule has 0 aliphatic carbocycles. The molecule has 0 atom stereocenters. The number of unbranched alkanes of at least 4 members (excludes halogenated alkanes) is 1. The zero-order valence-electron chi connectivity index (χ0n) is 13.5. The van der Waals surface area contributed by atoms with Gasteiger partial charge in [-0.15, -0.1) is 11.3 Å². The standard InChI is InChI=1S/C18H21NO3S/c1-3-5-6-7-12-22-18(20)16-13-23-17(19-16)14-8-10-15(11-9-14)21-4-2/h6-11,13H,3-5,12H2,1-2H3/b7-6+. The molecular weight excluding hydrogens is 310 g/mol. The Morgan fingerprint density at radius 3 is 2.70 bits per heavy atom. The number of thiazole rings is 1. The van der Waals surface area contributed by atoms with Crippen LogP contribution in [0.4, 0.5) is 0 Å². The van der Waals surface area contributed by atoms with E-state index >= 15 is 0 Å². The van der Waals surface area contributed by atoms with Crippen molar-refractivity contribution in [2.24, 2.45) is 0 Å². The summed E-state index contributed by atoms with van der Waals surface area (Å²) in [6.07, 6.45) is 5.96. The highest BCUT2D eigenvalue weighted by Gasteiger charge is 2.12. The van der Waals surface area contributed by atoms with Crippen LogP contribution in [-0.4, -0.2) is 24.2 Å². The highest BCUT2D eigenvalue weighted by molar-refractivity contribution is 7.13. The Bertz CT molecular complexity index is 647. The van der Waals surface area contributed by atoms with Crippen LogP contribution in [0.5, 0.6) is 5.75 Å². The lowest BCUT2D eigenvalue weighted by atomic mass is 10.2. The van der Waals surface area contributed by atoms with Crippen LogP contribution in [0, 0.1) is 0 Å². The lowest BCUT2D eigenvalue weighted by Crippen LogP contribution is -2.05. The summed E-state index contributed by atoms with van der Waals surface area (Å²) in [4.78, 5) is 16.3. The average molecular weight is 331 g/mol. The number of carbonyl (C=O) groups is 1. The summed E-state index contributed by atoms with van der Waals surface area (Å²) in [6.45, 7) is 4.98. The van der Waals surface area contributed by atoms with Gasteiger partial charge in [-0.3, -0.25) is 0 Å². The van der Waals surface area contributed by atoms with Gasteiger partial charge >= 0.3 is 5.97 Å². The largest absolute Gasteiger partial charge is 0.494 e. The first kappa shape index (κ1) is 17.2. The fourth-order valence-corrected chi connectivity index (χ4v) is 2.71. The minimum Gasteiger partial charge on any atom is -0.494 e. The van der Waals surface area contributed by atoms with Gasteiger partial charge in [0, 0.05) is 10.9 Å². The van der Waals surface area contributed by atoms with Crippen molar-refractivity contribution in [2.75, 3.05) is 13.2 Å². The van der Waals surface area contributed by atoms with E-state index in [-0.39, 0.29) is 12.6 Å². The molecule has 1 heterocycles. The first-order chi connectivity index (χ1) is 11.2. The van der Waals surface area contributed by atoms with Gasteiger partial charge in [0.2, 0.25) is 0 Å². The summed E-state index contributed by atoms with van der Waals surface area (Å²) in [5, 5.41) is 2.52. The molecule has 0 aliphatic heterocycles. The number of esters is 1. The molecule has 1 aromatic heterocycles. The number of ether oxygens (including phenoxy) is 2. The van der Waals surface area contributed by atoms with Crippen molar-refractivity contribution in [3.63, 3.8) is 0 Å². The minimum atomic E-state index is -0.389. The SMILES string of the molecule is CCC/C=C/COC(=O)c1csc(-c2ccc(OCC)cc2)n1. The van der Waals surface area contributed by atoms with Crippen molar-refractivity contribution >= 4 is 17.3 Å². The van der Waals surface area contributed by atoms with Crippen LogP contribution in [-0.2, 0) is 4.74 Å². The number of rotatable bonds is 8. The van der Waals surface area contributed by atoms with E-state index in [1.165, 1.54) is 11.3 Å². The van der Waals surface area contributed by atoms with Gasteiger partial charge in [0.15, 0.2) is 5.69 Å². The Kier molecular flexibility index (Phi) is 6.81. The van der Waals surface area contributed by atoms with Gasteiger partial charge in [0.05, 0.1) is 6.61 Å². The molecule has 0 N–H and O–H groups in total. The molecule has 0 unspecified atom stereocenters. The Morgan fingerprint density at radius 1 is 1.22 bits per heavy atom. The fourth-order valence-electron chi connectivity index (χ4n) is 1.91. The number of benzene rings is 1. The number of hydrogen-bond donors (Lipinski definition) is 0. The van der Waals surface area contributed by atoms with E-state index in [0.717, 1.165) is 29.2 Å². The third kappa shape index (κ3) is 5.21. The summed E-state index contributed by atoms with van der Waals surface area (Å²) < 4.78 is 10.6. The molecule has 0 aliphatic rings. The Balaban J connectivity index is 1.95. The van der Waals surface area contributed by atoms with Crippen LogP contribution in [0.25, 0.3) is 10.6 Å². The van der Waals surface area contributed by atoms with E-state index in [0.29, 0.717) is 12.3 Å². The monoisotopic (exact) mass is 331 g/mol. The van der Waals surface area contributed by atoms with Gasteiger partial charge in [0.25, 0.3) is 0 Å². The summed E-state index contributed by atoms with van der Waals surface area (Å²) in [5.74, 6) is 0.436. The highest BCUT2D eigenvalue weighted by atomic mass is 32.1. The smallest absolute Gasteiger partial charge is 0.358 e. The van der Waals surface area contributed by atoms with Crippen molar-refractivity contribution < 1.29 is 14.3 Å². The molecule has 4 nitrogen and oxygen atoms in total. The lowest BCUT2D eigenvalue weighted by molar-refractivity contribution is 0.0543. The third-order valence-electron chi connectivity index (χ3n) is 3.06. The van der Waals surface area contributed by atoms with E-state index in [4.69, 9.17) is 9.47 Å². The van der Waals surface area contributed by atoms with Crippen LogP contribution in [0.3, 0.4) is 0 Å². The van der Waals surface area contributed by atoms with E-state index in [2.05, 4.69) is 11.9 Å². The molecule has 0 spiro atoms. The zero-order valence-corrected chi connectivity index (χ0v) is 14.3. The Labute approximate surface area is 140 Å². The molecule has 0 saturated heterocycles. The molecular formula is C18H21NO3S. The number of carbonyl (C=O) groups excluding carboxylic acids is 1. The summed E-state index contributed by atoms with van der Waals surface area (Å²) in [7, 11) is 0. The topological polar surface area (TPSA) is 48.4 Å². The lowest BCUT2D eigenvalue weighted by Gasteiger charge is -2.03. The second-order valence-electron chi connectivity index (χ2n) is 4.85. The van der Waals surface area contributed by atoms with E-state index < -0.39 is 0 Å². The molecule has 0 amide bonds. The quantitative estimate of drug-likeness (QED) is 0.518. The molecule has 2 rings (SSSR count). The maximum Gasteiger partial charge on any atom is 0.358 e. The maximum absolute atomic E-state index is 11.9. The van der Waals surface area contributed by atoms with Crippen LogP contribution >= 0.6 is 11.3 Å². The van der Waals surface area contributed by atoms with E-state index in [1.54, 1.807) is 5.38 Å². The summed E-state index contributed by atoms with van der Waals surface area (Å²) >= 11 is 1.43. The van der Waals surface area contributed by atoms with Gasteiger partial charge in [-0.1, -0.05) is 25.5 Å². The highest BCUT2D eigenvalue weighted by Crippen LogP contribution is 2.26. The first-order valence-electron chi connectivity index (χ1n) is 7.75. The van der Waals surface area contributed by atoms with Crippen LogP contribution in [0.15, 0.2) is 41.8 Å². The molecule has 122 valence electrons. The van der Waals surface area contributed by atoms with Gasteiger partial charge in [-0.25, -0.2) is 9.78 Å². The van der Waals surface area contributed by atoms with Crippen molar-refractivity contribution in [3.8, 4) is 16.3 Å². The van der Waals surface area contributed by atoms with Gasteiger partial charge in [-0.05, 0) is 37.6 Å². The second-order valence-corrected chi connectivity index (χ2v) is 5.71. The van der Waals surface area contributed by atoms with Crippen molar-refractivity contribution in [1.29, 1.82) is 0 Å². The zero-order chi connectivity index (χ0) is 16.5. The number of nitrogens with zero attached hydrogens (tertiary/aromatic N) is 1. The molecule has 2 aromatic rings. The molecule has 23 heavy (non-hydrogen) atoms. The molecule has 5 heteroatoms. The first-order valence-corrected chi connectivity index (χ1v) is 8.63. The maximum atomic E-state index is 11.9. The van der Waals surface area contributed by atoms with Crippen LogP contribution in [0.1, 0.15) is 37.2 Å². The second kappa shape index (κ2) is 9.10. The number of aromatic nitrogens is 1. The minimum absolute atomic E-state index is 0.286. The number of allylic oxidation sites excluding steroid dienone is 1. The van der Waals surface area contributed by atoms with Gasteiger partial charge in [0.1, 0.15) is 17.4 Å². The predicted molar refractivity (Wildman–Crippen MR) is 93.0 cm³/mol. The van der Waals surface area contributed by atoms with Crippen molar-refractivity contribution in [3.05, 3.63) is 47.5 Å². The normalized spacial score (nSPS) is 10.9. The van der Waals surface area contributed by atoms with E-state index in [9.17, 15) is 4.79 Å². The van der Waals surface area contributed by atoms with Crippen LogP contribution < -0.4 is 4.74 Å². The van der Waals surface area contributed by atoms with Crippen LogP contribution in [0.2, 0.25) is 0 Å². The fraction of sp³-hybridized carbons (Fsp3) is 0.333. The summed E-state index contributed by atoms with van der Waals surface area (Å²) in [6, 6.07) is 7.67. The molecule has 0 radical (unpaired) electrons. The Hall–Kier alpha value is -2.14. The van der Waals surface area contributed by atoms with E-state index in [1.807, 2.05) is 43.3 Å².